The van der Waals surface area contributed by atoms with Crippen molar-refractivity contribution in [3.63, 3.8) is 0 Å². The van der Waals surface area contributed by atoms with Gasteiger partial charge in [-0.2, -0.15) is 0 Å². The molecule has 0 aromatic heterocycles. The number of carbonyl (C=O) groups is 2. The molecule has 3 rings (SSSR count). The Morgan fingerprint density at radius 1 is 0.731 bits per heavy atom. The maximum Gasteiger partial charge on any atom is 0.344 e. The van der Waals surface area contributed by atoms with Crippen LogP contribution in [0.4, 0.5) is 0 Å². The van der Waals surface area contributed by atoms with E-state index in [-0.39, 0.29) is 11.1 Å². The van der Waals surface area contributed by atoms with Crippen LogP contribution in [0.1, 0.15) is 26.3 Å². The Balaban J connectivity index is 1.83. The molecule has 5 heteroatoms. The molecule has 4 nitrogen and oxygen atoms in total. The van der Waals surface area contributed by atoms with Gasteiger partial charge in [0, 0.05) is 5.02 Å². The van der Waals surface area contributed by atoms with Gasteiger partial charge in [-0.25, -0.2) is 9.59 Å². The molecule has 0 aliphatic rings. The summed E-state index contributed by atoms with van der Waals surface area (Å²) in [5.74, 6) is -0.587. The molecule has 3 aromatic rings. The third kappa shape index (κ3) is 4.29. The fourth-order valence-electron chi connectivity index (χ4n) is 2.37. The molecule has 0 N–H and O–H groups in total. The first-order chi connectivity index (χ1) is 12.5. The molecule has 0 heterocycles. The van der Waals surface area contributed by atoms with Crippen LogP contribution in [0.2, 0.25) is 5.02 Å². The lowest BCUT2D eigenvalue weighted by Gasteiger charge is -2.10. The first-order valence-electron chi connectivity index (χ1n) is 7.88. The predicted octanol–water partition coefficient (Wildman–Crippen LogP) is 5.09. The molecule has 0 aliphatic carbocycles. The molecular weight excluding hydrogens is 352 g/mol. The summed E-state index contributed by atoms with van der Waals surface area (Å²) in [6.45, 7) is 1.90. The SMILES string of the molecule is Cc1cccc(OC(=O)c2ccccc2C(=O)Oc2cccc(Cl)c2)c1. The largest absolute Gasteiger partial charge is 0.423 e. The molecule has 3 aromatic carbocycles. The molecule has 0 atom stereocenters. The zero-order valence-corrected chi connectivity index (χ0v) is 14.7. The van der Waals surface area contributed by atoms with Crippen LogP contribution in [-0.2, 0) is 0 Å². The van der Waals surface area contributed by atoms with Gasteiger partial charge in [0.1, 0.15) is 11.5 Å². The lowest BCUT2D eigenvalue weighted by molar-refractivity contribution is 0.0692. The van der Waals surface area contributed by atoms with E-state index < -0.39 is 11.9 Å². The summed E-state index contributed by atoms with van der Waals surface area (Å²) in [7, 11) is 0. The van der Waals surface area contributed by atoms with E-state index in [1.54, 1.807) is 48.5 Å². The number of carbonyl (C=O) groups excluding carboxylic acids is 2. The van der Waals surface area contributed by atoms with Gasteiger partial charge in [0.2, 0.25) is 0 Å². The van der Waals surface area contributed by atoms with Crippen molar-refractivity contribution < 1.29 is 19.1 Å². The summed E-state index contributed by atoms with van der Waals surface area (Å²) in [4.78, 5) is 25.0. The minimum atomic E-state index is -0.663. The maximum atomic E-state index is 12.5. The van der Waals surface area contributed by atoms with Crippen molar-refractivity contribution in [3.8, 4) is 11.5 Å². The highest BCUT2D eigenvalue weighted by atomic mass is 35.5. The average molecular weight is 367 g/mol. The second kappa shape index (κ2) is 7.85. The van der Waals surface area contributed by atoms with E-state index in [0.717, 1.165) is 5.56 Å². The molecule has 0 unspecified atom stereocenters. The van der Waals surface area contributed by atoms with Crippen LogP contribution in [0, 0.1) is 6.92 Å². The van der Waals surface area contributed by atoms with Crippen molar-refractivity contribution in [1.29, 1.82) is 0 Å². The number of hydrogen-bond donors (Lipinski definition) is 0. The number of hydrogen-bond acceptors (Lipinski definition) is 4. The smallest absolute Gasteiger partial charge is 0.344 e. The summed E-state index contributed by atoms with van der Waals surface area (Å²) < 4.78 is 10.7. The summed E-state index contributed by atoms with van der Waals surface area (Å²) in [6.07, 6.45) is 0. The molecule has 0 spiro atoms. The fraction of sp³-hybridized carbons (Fsp3) is 0.0476. The van der Waals surface area contributed by atoms with Crippen molar-refractivity contribution in [1.82, 2.24) is 0 Å². The van der Waals surface area contributed by atoms with Crippen LogP contribution < -0.4 is 9.47 Å². The molecule has 0 fully saturated rings. The fourth-order valence-corrected chi connectivity index (χ4v) is 2.55. The standard InChI is InChI=1S/C21H15ClO4/c1-14-6-4-8-16(12-14)25-20(23)18-10-2-3-11-19(18)21(24)26-17-9-5-7-15(22)13-17/h2-13H,1H3. The van der Waals surface area contributed by atoms with Crippen LogP contribution in [0.25, 0.3) is 0 Å². The van der Waals surface area contributed by atoms with E-state index in [9.17, 15) is 9.59 Å². The van der Waals surface area contributed by atoms with Crippen LogP contribution in [-0.4, -0.2) is 11.9 Å². The van der Waals surface area contributed by atoms with Crippen molar-refractivity contribution in [2.24, 2.45) is 0 Å². The number of rotatable bonds is 4. The van der Waals surface area contributed by atoms with Gasteiger partial charge in [0.25, 0.3) is 0 Å². The molecule has 0 amide bonds. The minimum Gasteiger partial charge on any atom is -0.423 e. The van der Waals surface area contributed by atoms with Crippen LogP contribution in [0.15, 0.2) is 72.8 Å². The lowest BCUT2D eigenvalue weighted by atomic mass is 10.1. The van der Waals surface area contributed by atoms with Gasteiger partial charge < -0.3 is 9.47 Å². The summed E-state index contributed by atoms with van der Waals surface area (Å²) in [5, 5.41) is 0.447. The van der Waals surface area contributed by atoms with E-state index in [0.29, 0.717) is 16.5 Å². The van der Waals surface area contributed by atoms with Crippen LogP contribution >= 0.6 is 11.6 Å². The maximum absolute atomic E-state index is 12.5. The van der Waals surface area contributed by atoms with Gasteiger partial charge in [-0.15, -0.1) is 0 Å². The van der Waals surface area contributed by atoms with Gasteiger partial charge in [-0.05, 0) is 55.0 Å². The molecule has 0 saturated carbocycles. The summed E-state index contributed by atoms with van der Waals surface area (Å²) in [6, 6.07) is 19.9. The Kier molecular flexibility index (Phi) is 5.34. The molecule has 0 aliphatic heterocycles. The Morgan fingerprint density at radius 3 is 1.81 bits per heavy atom. The van der Waals surface area contributed by atoms with Gasteiger partial charge in [0.15, 0.2) is 0 Å². The Labute approximate surface area is 155 Å². The highest BCUT2D eigenvalue weighted by Gasteiger charge is 2.20. The zero-order valence-electron chi connectivity index (χ0n) is 13.9. The first kappa shape index (κ1) is 17.7. The zero-order chi connectivity index (χ0) is 18.5. The molecule has 26 heavy (non-hydrogen) atoms. The van der Waals surface area contributed by atoms with Gasteiger partial charge >= 0.3 is 11.9 Å². The van der Waals surface area contributed by atoms with Crippen molar-refractivity contribution in [2.45, 2.75) is 6.92 Å². The van der Waals surface area contributed by atoms with Gasteiger partial charge in [-0.1, -0.05) is 41.9 Å². The summed E-state index contributed by atoms with van der Waals surface area (Å²) in [5.41, 5.74) is 1.20. The topological polar surface area (TPSA) is 52.6 Å². The van der Waals surface area contributed by atoms with Crippen LogP contribution in [0.3, 0.4) is 0 Å². The predicted molar refractivity (Wildman–Crippen MR) is 99.0 cm³/mol. The monoisotopic (exact) mass is 366 g/mol. The molecule has 130 valence electrons. The van der Waals surface area contributed by atoms with Crippen molar-refractivity contribution in [2.75, 3.05) is 0 Å². The Bertz CT molecular complexity index is 887. The third-order valence-electron chi connectivity index (χ3n) is 3.57. The highest BCUT2D eigenvalue weighted by Crippen LogP contribution is 2.21. The van der Waals surface area contributed by atoms with Crippen LogP contribution in [0.5, 0.6) is 11.5 Å². The molecular formula is C21H15ClO4. The van der Waals surface area contributed by atoms with Crippen molar-refractivity contribution in [3.05, 3.63) is 94.5 Å². The molecule has 0 saturated heterocycles. The second-order valence-corrected chi connectivity index (χ2v) is 6.03. The summed E-state index contributed by atoms with van der Waals surface area (Å²) >= 11 is 5.89. The Morgan fingerprint density at radius 2 is 1.27 bits per heavy atom. The normalized spacial score (nSPS) is 10.2. The van der Waals surface area contributed by atoms with E-state index >= 15 is 0 Å². The van der Waals surface area contributed by atoms with Gasteiger partial charge in [0.05, 0.1) is 11.1 Å². The number of halogens is 1. The quantitative estimate of drug-likeness (QED) is 0.477. The van der Waals surface area contributed by atoms with Crippen molar-refractivity contribution >= 4 is 23.5 Å². The second-order valence-electron chi connectivity index (χ2n) is 5.60. The molecule has 0 radical (unpaired) electrons. The number of benzene rings is 3. The Hall–Kier alpha value is -3.11. The minimum absolute atomic E-state index is 0.116. The number of ether oxygens (including phenoxy) is 2. The first-order valence-corrected chi connectivity index (χ1v) is 8.26. The van der Waals surface area contributed by atoms with E-state index in [1.165, 1.54) is 18.2 Å². The molecule has 0 bridgehead atoms. The lowest BCUT2D eigenvalue weighted by Crippen LogP contribution is -2.17. The van der Waals surface area contributed by atoms with E-state index in [1.807, 2.05) is 13.0 Å². The number of esters is 2. The highest BCUT2D eigenvalue weighted by molar-refractivity contribution is 6.30. The average Bonchev–Trinajstić information content (AvgIpc) is 2.61. The van der Waals surface area contributed by atoms with Gasteiger partial charge in [-0.3, -0.25) is 0 Å². The van der Waals surface area contributed by atoms with E-state index in [4.69, 9.17) is 21.1 Å². The number of aryl methyl sites for hydroxylation is 1. The third-order valence-corrected chi connectivity index (χ3v) is 3.81. The van der Waals surface area contributed by atoms with E-state index in [2.05, 4.69) is 0 Å².